The number of hydrogen-bond acceptors (Lipinski definition) is 2. The van der Waals surface area contributed by atoms with Gasteiger partial charge >= 0.3 is 0 Å². The van der Waals surface area contributed by atoms with E-state index in [0.29, 0.717) is 11.8 Å². The van der Waals surface area contributed by atoms with Crippen LogP contribution in [0.1, 0.15) is 5.56 Å². The molecule has 2 unspecified atom stereocenters. The lowest BCUT2D eigenvalue weighted by atomic mass is 9.83. The molecule has 1 aromatic rings. The Morgan fingerprint density at radius 1 is 1.12 bits per heavy atom. The van der Waals surface area contributed by atoms with Crippen LogP contribution in [-0.4, -0.2) is 31.2 Å². The molecule has 0 amide bonds. The highest BCUT2D eigenvalue weighted by Gasteiger charge is 2.34. The molecular weight excluding hydrogens is 210 g/mol. The van der Waals surface area contributed by atoms with Crippen LogP contribution in [-0.2, 0) is 11.3 Å². The number of nitrogens with zero attached hydrogens (tertiary/aromatic N) is 1. The largest absolute Gasteiger partial charge is 0.380 e. The first-order chi connectivity index (χ1) is 8.33. The molecule has 2 heteroatoms. The van der Waals surface area contributed by atoms with Crippen LogP contribution in [0.5, 0.6) is 0 Å². The topological polar surface area (TPSA) is 12.5 Å². The van der Waals surface area contributed by atoms with Gasteiger partial charge in [0.15, 0.2) is 0 Å². The van der Waals surface area contributed by atoms with Gasteiger partial charge in [-0.1, -0.05) is 42.5 Å². The van der Waals surface area contributed by atoms with Gasteiger partial charge < -0.3 is 4.74 Å². The lowest BCUT2D eigenvalue weighted by Gasteiger charge is -2.43. The highest BCUT2D eigenvalue weighted by atomic mass is 16.5. The van der Waals surface area contributed by atoms with E-state index < -0.39 is 0 Å². The van der Waals surface area contributed by atoms with E-state index in [4.69, 9.17) is 4.74 Å². The number of likely N-dealkylation sites (tertiary alicyclic amines) is 1. The van der Waals surface area contributed by atoms with Crippen molar-refractivity contribution >= 4 is 0 Å². The van der Waals surface area contributed by atoms with E-state index in [1.165, 1.54) is 11.1 Å². The summed E-state index contributed by atoms with van der Waals surface area (Å²) >= 11 is 0. The number of fused-ring (bicyclic) bond motifs is 2. The van der Waals surface area contributed by atoms with Crippen LogP contribution in [0.25, 0.3) is 0 Å². The number of ether oxygens (including phenoxy) is 1. The van der Waals surface area contributed by atoms with E-state index in [9.17, 15) is 0 Å². The van der Waals surface area contributed by atoms with Crippen LogP contribution < -0.4 is 0 Å². The fourth-order valence-corrected chi connectivity index (χ4v) is 2.91. The summed E-state index contributed by atoms with van der Waals surface area (Å²) in [5.74, 6) is 1.09. The number of rotatable bonds is 2. The summed E-state index contributed by atoms with van der Waals surface area (Å²) in [6.45, 7) is 9.22. The number of benzene rings is 1. The molecule has 2 bridgehead atoms. The minimum absolute atomic E-state index is 0.547. The van der Waals surface area contributed by atoms with Crippen LogP contribution in [0.4, 0.5) is 0 Å². The summed E-state index contributed by atoms with van der Waals surface area (Å²) in [6, 6.07) is 10.7. The van der Waals surface area contributed by atoms with Crippen molar-refractivity contribution in [2.24, 2.45) is 11.8 Å². The molecule has 2 heterocycles. The number of piperidine rings is 1. The second kappa shape index (κ2) is 4.63. The van der Waals surface area contributed by atoms with Crippen LogP contribution in [0.3, 0.4) is 0 Å². The van der Waals surface area contributed by atoms with E-state index >= 15 is 0 Å². The Bertz CT molecular complexity index is 385. The van der Waals surface area contributed by atoms with Gasteiger partial charge in [-0.05, 0) is 5.56 Å². The molecule has 2 aliphatic rings. The zero-order chi connectivity index (χ0) is 11.7. The lowest BCUT2D eigenvalue weighted by molar-refractivity contribution is -0.00393. The van der Waals surface area contributed by atoms with E-state index in [0.717, 1.165) is 32.8 Å². The summed E-state index contributed by atoms with van der Waals surface area (Å²) in [5, 5.41) is 0. The molecule has 3 rings (SSSR count). The van der Waals surface area contributed by atoms with Gasteiger partial charge in [-0.15, -0.1) is 0 Å². The van der Waals surface area contributed by atoms with Crippen LogP contribution in [0.2, 0.25) is 0 Å². The van der Waals surface area contributed by atoms with Gasteiger partial charge in [-0.25, -0.2) is 0 Å². The Hall–Kier alpha value is -1.12. The monoisotopic (exact) mass is 229 g/mol. The first kappa shape index (κ1) is 11.0. The van der Waals surface area contributed by atoms with Gasteiger partial charge in [-0.2, -0.15) is 0 Å². The third-order valence-electron chi connectivity index (χ3n) is 3.89. The molecule has 2 fully saturated rings. The van der Waals surface area contributed by atoms with Crippen molar-refractivity contribution in [2.75, 3.05) is 26.3 Å². The molecule has 2 atom stereocenters. The Kier molecular flexibility index (Phi) is 3.00. The standard InChI is InChI=1S/C15H19NO/c1-12-14-8-16(9-15(12)11-17-10-14)7-13-5-3-2-4-6-13/h2-6,14-15H,1,7-11H2. The fraction of sp³-hybridized carbons (Fsp3) is 0.467. The zero-order valence-electron chi connectivity index (χ0n) is 10.1. The van der Waals surface area contributed by atoms with Crippen molar-refractivity contribution < 1.29 is 4.74 Å². The maximum Gasteiger partial charge on any atom is 0.0544 e. The fourth-order valence-electron chi connectivity index (χ4n) is 2.91. The SMILES string of the molecule is C=C1C2COCC1CN(Cc1ccccc1)C2. The molecule has 0 N–H and O–H groups in total. The molecule has 2 aliphatic heterocycles. The summed E-state index contributed by atoms with van der Waals surface area (Å²) in [6.07, 6.45) is 0. The summed E-state index contributed by atoms with van der Waals surface area (Å²) in [4.78, 5) is 2.54. The van der Waals surface area contributed by atoms with Crippen molar-refractivity contribution in [3.8, 4) is 0 Å². The first-order valence-corrected chi connectivity index (χ1v) is 6.35. The predicted molar refractivity (Wildman–Crippen MR) is 68.7 cm³/mol. The van der Waals surface area contributed by atoms with E-state index in [1.54, 1.807) is 0 Å². The Balaban J connectivity index is 1.68. The van der Waals surface area contributed by atoms with Crippen LogP contribution in [0.15, 0.2) is 42.5 Å². The Morgan fingerprint density at radius 2 is 1.76 bits per heavy atom. The minimum Gasteiger partial charge on any atom is -0.380 e. The molecule has 0 spiro atoms. The normalized spacial score (nSPS) is 29.3. The molecule has 0 radical (unpaired) electrons. The highest BCUT2D eigenvalue weighted by Crippen LogP contribution is 2.31. The molecule has 0 aromatic heterocycles. The van der Waals surface area contributed by atoms with Crippen molar-refractivity contribution in [2.45, 2.75) is 6.54 Å². The number of hydrogen-bond donors (Lipinski definition) is 0. The quantitative estimate of drug-likeness (QED) is 0.722. The average Bonchev–Trinajstić information content (AvgIpc) is 2.32. The Labute approximate surface area is 103 Å². The predicted octanol–water partition coefficient (Wildman–Crippen LogP) is 2.32. The second-order valence-electron chi connectivity index (χ2n) is 5.19. The van der Waals surface area contributed by atoms with Gasteiger partial charge in [0.2, 0.25) is 0 Å². The van der Waals surface area contributed by atoms with Gasteiger partial charge in [0.05, 0.1) is 13.2 Å². The molecule has 90 valence electrons. The molecule has 2 nitrogen and oxygen atoms in total. The summed E-state index contributed by atoms with van der Waals surface area (Å²) in [7, 11) is 0. The molecular formula is C15H19NO. The molecule has 0 aliphatic carbocycles. The van der Waals surface area contributed by atoms with Gasteiger partial charge in [-0.3, -0.25) is 4.90 Å². The zero-order valence-corrected chi connectivity index (χ0v) is 10.1. The molecule has 0 saturated carbocycles. The molecule has 17 heavy (non-hydrogen) atoms. The second-order valence-corrected chi connectivity index (χ2v) is 5.19. The van der Waals surface area contributed by atoms with Crippen molar-refractivity contribution in [1.82, 2.24) is 4.90 Å². The van der Waals surface area contributed by atoms with Crippen LogP contribution in [0, 0.1) is 11.8 Å². The Morgan fingerprint density at radius 3 is 2.41 bits per heavy atom. The third-order valence-corrected chi connectivity index (χ3v) is 3.89. The lowest BCUT2D eigenvalue weighted by Crippen LogP contribution is -2.47. The smallest absolute Gasteiger partial charge is 0.0544 e. The molecule has 1 aromatic carbocycles. The summed E-state index contributed by atoms with van der Waals surface area (Å²) < 4.78 is 5.62. The van der Waals surface area contributed by atoms with Crippen molar-refractivity contribution in [1.29, 1.82) is 0 Å². The van der Waals surface area contributed by atoms with Gasteiger partial charge in [0, 0.05) is 31.5 Å². The first-order valence-electron chi connectivity index (χ1n) is 6.35. The third kappa shape index (κ3) is 2.28. The van der Waals surface area contributed by atoms with E-state index in [1.807, 2.05) is 0 Å². The van der Waals surface area contributed by atoms with Gasteiger partial charge in [0.1, 0.15) is 0 Å². The average molecular weight is 229 g/mol. The van der Waals surface area contributed by atoms with Crippen molar-refractivity contribution in [3.05, 3.63) is 48.0 Å². The van der Waals surface area contributed by atoms with E-state index in [-0.39, 0.29) is 0 Å². The van der Waals surface area contributed by atoms with E-state index in [2.05, 4.69) is 41.8 Å². The van der Waals surface area contributed by atoms with Gasteiger partial charge in [0.25, 0.3) is 0 Å². The van der Waals surface area contributed by atoms with Crippen LogP contribution >= 0.6 is 0 Å². The molecule has 2 saturated heterocycles. The summed E-state index contributed by atoms with van der Waals surface area (Å²) in [5.41, 5.74) is 2.82. The minimum atomic E-state index is 0.547. The van der Waals surface area contributed by atoms with Crippen molar-refractivity contribution in [3.63, 3.8) is 0 Å². The maximum atomic E-state index is 5.62. The maximum absolute atomic E-state index is 5.62. The highest BCUT2D eigenvalue weighted by molar-refractivity contribution is 5.17.